The van der Waals surface area contributed by atoms with Gasteiger partial charge in [0.05, 0.1) is 0 Å². The van der Waals surface area contributed by atoms with E-state index in [0.717, 1.165) is 12.0 Å². The lowest BCUT2D eigenvalue weighted by atomic mass is 9.80. The van der Waals surface area contributed by atoms with Gasteiger partial charge in [0.2, 0.25) is 0 Å². The van der Waals surface area contributed by atoms with Gasteiger partial charge in [-0.3, -0.25) is 0 Å². The van der Waals surface area contributed by atoms with Gasteiger partial charge < -0.3 is 14.6 Å². The lowest BCUT2D eigenvalue weighted by Gasteiger charge is -2.15. The second kappa shape index (κ2) is 5.99. The Morgan fingerprint density at radius 3 is 2.32 bits per heavy atom. The number of rotatable bonds is 4. The molecule has 0 aliphatic rings. The smallest absolute Gasteiger partial charge is 0.423 e. The zero-order valence-corrected chi connectivity index (χ0v) is 12.9. The van der Waals surface area contributed by atoms with Crippen LogP contribution in [0.15, 0.2) is 54.6 Å². The fourth-order valence-corrected chi connectivity index (χ4v) is 3.00. The van der Waals surface area contributed by atoms with Crippen molar-refractivity contribution in [2.24, 2.45) is 0 Å². The first kappa shape index (κ1) is 14.9. The summed E-state index contributed by atoms with van der Waals surface area (Å²) < 4.78 is 2.37. The molecule has 0 aliphatic heterocycles. The molecule has 1 heterocycles. The highest BCUT2D eigenvalue weighted by atomic mass is 16.4. The van der Waals surface area contributed by atoms with E-state index >= 15 is 0 Å². The fourth-order valence-electron chi connectivity index (χ4n) is 3.00. The van der Waals surface area contributed by atoms with Crippen LogP contribution in [0.3, 0.4) is 0 Å². The summed E-state index contributed by atoms with van der Waals surface area (Å²) in [7, 11) is -1.41. The first-order chi connectivity index (χ1) is 10.6. The van der Waals surface area contributed by atoms with Crippen molar-refractivity contribution in [2.45, 2.75) is 26.3 Å². The fraction of sp³-hybridized carbons (Fsp3) is 0.222. The van der Waals surface area contributed by atoms with Gasteiger partial charge >= 0.3 is 7.12 Å². The molecule has 0 unspecified atom stereocenters. The van der Waals surface area contributed by atoms with Crippen LogP contribution < -0.4 is 5.46 Å². The Morgan fingerprint density at radius 2 is 1.68 bits per heavy atom. The molecule has 0 saturated heterocycles. The number of fused-ring (bicyclic) bond motifs is 1. The Balaban J connectivity index is 1.98. The van der Waals surface area contributed by atoms with E-state index in [-0.39, 0.29) is 0 Å². The highest BCUT2D eigenvalue weighted by Crippen LogP contribution is 2.25. The lowest BCUT2D eigenvalue weighted by molar-refractivity contribution is 0.426. The molecule has 0 spiro atoms. The molecular weight excluding hydrogens is 273 g/mol. The highest BCUT2D eigenvalue weighted by Gasteiger charge is 2.13. The second-order valence-corrected chi connectivity index (χ2v) is 5.95. The molecular formula is C18H20BNO2. The molecule has 2 N–H and O–H groups in total. The summed E-state index contributed by atoms with van der Waals surface area (Å²) in [5.74, 6) is 0. The van der Waals surface area contributed by atoms with Crippen molar-refractivity contribution >= 4 is 23.5 Å². The van der Waals surface area contributed by atoms with Crippen molar-refractivity contribution in [3.63, 3.8) is 0 Å². The summed E-state index contributed by atoms with van der Waals surface area (Å²) in [5, 5.41) is 19.6. The molecule has 2 aromatic carbocycles. The Morgan fingerprint density at radius 1 is 1.00 bits per heavy atom. The van der Waals surface area contributed by atoms with Crippen LogP contribution in [-0.4, -0.2) is 21.7 Å². The van der Waals surface area contributed by atoms with Gasteiger partial charge in [-0.1, -0.05) is 42.5 Å². The Kier molecular flexibility index (Phi) is 4.05. The maximum absolute atomic E-state index is 9.17. The standard InChI is InChI=1S/C18H20BNO2/c1-13(2)20-17(12-15-5-3-4-6-18(15)20)11-14-7-9-16(10-8-14)19(21)22/h3-10,12-13,21-22H,11H2,1-2H3. The van der Waals surface area contributed by atoms with Crippen LogP contribution in [0.4, 0.5) is 0 Å². The Bertz CT molecular complexity index is 775. The molecule has 3 aromatic rings. The van der Waals surface area contributed by atoms with E-state index in [9.17, 15) is 0 Å². The third kappa shape index (κ3) is 2.80. The number of nitrogens with zero attached hydrogens (tertiary/aromatic N) is 1. The molecule has 0 amide bonds. The summed E-state index contributed by atoms with van der Waals surface area (Å²) in [6.07, 6.45) is 0.828. The van der Waals surface area contributed by atoms with Crippen LogP contribution in [0.2, 0.25) is 0 Å². The van der Waals surface area contributed by atoms with Gasteiger partial charge in [-0.25, -0.2) is 0 Å². The molecule has 112 valence electrons. The number of aromatic nitrogens is 1. The van der Waals surface area contributed by atoms with Crippen molar-refractivity contribution in [1.29, 1.82) is 0 Å². The molecule has 3 nitrogen and oxygen atoms in total. The number of benzene rings is 2. The van der Waals surface area contributed by atoms with Crippen molar-refractivity contribution in [3.05, 3.63) is 65.9 Å². The number of hydrogen-bond acceptors (Lipinski definition) is 2. The number of hydrogen-bond donors (Lipinski definition) is 2. The Labute approximate surface area is 131 Å². The molecule has 0 bridgehead atoms. The zero-order valence-electron chi connectivity index (χ0n) is 12.9. The van der Waals surface area contributed by atoms with Gasteiger partial charge in [-0.2, -0.15) is 0 Å². The van der Waals surface area contributed by atoms with Crippen molar-refractivity contribution in [1.82, 2.24) is 4.57 Å². The van der Waals surface area contributed by atoms with Crippen LogP contribution >= 0.6 is 0 Å². The van der Waals surface area contributed by atoms with Crippen molar-refractivity contribution in [2.75, 3.05) is 0 Å². The third-order valence-corrected chi connectivity index (χ3v) is 4.01. The summed E-state index contributed by atoms with van der Waals surface area (Å²) in [6.45, 7) is 4.39. The molecule has 0 radical (unpaired) electrons. The van der Waals surface area contributed by atoms with Crippen molar-refractivity contribution in [3.8, 4) is 0 Å². The van der Waals surface area contributed by atoms with E-state index in [4.69, 9.17) is 10.0 Å². The van der Waals surface area contributed by atoms with Crippen LogP contribution in [0.25, 0.3) is 10.9 Å². The second-order valence-electron chi connectivity index (χ2n) is 5.95. The average molecular weight is 293 g/mol. The van der Waals surface area contributed by atoms with E-state index in [0.29, 0.717) is 11.5 Å². The maximum atomic E-state index is 9.17. The summed E-state index contributed by atoms with van der Waals surface area (Å²) >= 11 is 0. The van der Waals surface area contributed by atoms with Gasteiger partial charge in [0.1, 0.15) is 0 Å². The minimum atomic E-state index is -1.41. The SMILES string of the molecule is CC(C)n1c(Cc2ccc(B(O)O)cc2)cc2ccccc21. The van der Waals surface area contributed by atoms with Gasteiger partial charge in [-0.05, 0) is 42.4 Å². The largest absolute Gasteiger partial charge is 0.488 e. The van der Waals surface area contributed by atoms with Crippen LogP contribution in [0.1, 0.15) is 31.1 Å². The first-order valence-corrected chi connectivity index (χ1v) is 7.60. The summed E-state index contributed by atoms with van der Waals surface area (Å²) in [4.78, 5) is 0. The summed E-state index contributed by atoms with van der Waals surface area (Å²) in [6, 6.07) is 18.5. The minimum absolute atomic E-state index is 0.397. The van der Waals surface area contributed by atoms with Gasteiger partial charge in [0.25, 0.3) is 0 Å². The first-order valence-electron chi connectivity index (χ1n) is 7.60. The Hall–Kier alpha value is -2.04. The molecule has 0 saturated carbocycles. The predicted molar refractivity (Wildman–Crippen MR) is 91.4 cm³/mol. The topological polar surface area (TPSA) is 45.4 Å². The monoisotopic (exact) mass is 293 g/mol. The number of para-hydroxylation sites is 1. The van der Waals surface area contributed by atoms with Gasteiger partial charge in [-0.15, -0.1) is 0 Å². The molecule has 3 rings (SSSR count). The molecule has 4 heteroatoms. The van der Waals surface area contributed by atoms with Crippen LogP contribution in [0, 0.1) is 0 Å². The summed E-state index contributed by atoms with van der Waals surface area (Å²) in [5.41, 5.74) is 4.21. The van der Waals surface area contributed by atoms with E-state index in [1.54, 1.807) is 12.1 Å². The molecule has 22 heavy (non-hydrogen) atoms. The highest BCUT2D eigenvalue weighted by molar-refractivity contribution is 6.58. The minimum Gasteiger partial charge on any atom is -0.423 e. The third-order valence-electron chi connectivity index (χ3n) is 4.01. The van der Waals surface area contributed by atoms with E-state index < -0.39 is 7.12 Å². The maximum Gasteiger partial charge on any atom is 0.488 e. The molecule has 0 aliphatic carbocycles. The quantitative estimate of drug-likeness (QED) is 0.726. The van der Waals surface area contributed by atoms with E-state index in [2.05, 4.69) is 48.7 Å². The van der Waals surface area contributed by atoms with Gasteiger partial charge in [0.15, 0.2) is 0 Å². The predicted octanol–water partition coefficient (Wildman–Crippen LogP) is 2.49. The van der Waals surface area contributed by atoms with Crippen LogP contribution in [-0.2, 0) is 6.42 Å². The lowest BCUT2D eigenvalue weighted by Crippen LogP contribution is -2.29. The van der Waals surface area contributed by atoms with Crippen molar-refractivity contribution < 1.29 is 10.0 Å². The molecule has 0 fully saturated rings. The van der Waals surface area contributed by atoms with Gasteiger partial charge in [0, 0.05) is 23.7 Å². The zero-order chi connectivity index (χ0) is 15.7. The molecule has 0 atom stereocenters. The average Bonchev–Trinajstić information content (AvgIpc) is 2.85. The normalized spacial score (nSPS) is 11.3. The van der Waals surface area contributed by atoms with E-state index in [1.165, 1.54) is 16.6 Å². The molecule has 1 aromatic heterocycles. The van der Waals surface area contributed by atoms with Crippen LogP contribution in [0.5, 0.6) is 0 Å². The van der Waals surface area contributed by atoms with E-state index in [1.807, 2.05) is 12.1 Å².